The monoisotopic (exact) mass is 487 g/mol. The summed E-state index contributed by atoms with van der Waals surface area (Å²) in [6.45, 7) is 2.26. The van der Waals surface area contributed by atoms with E-state index in [1.165, 1.54) is 5.56 Å². The van der Waals surface area contributed by atoms with Crippen LogP contribution in [0.1, 0.15) is 18.9 Å². The van der Waals surface area contributed by atoms with Gasteiger partial charge in [-0.1, -0.05) is 54.1 Å². The molecule has 6 heteroatoms. The molecular weight excluding hydrogens is 466 g/mol. The second-order valence-electron chi connectivity index (χ2n) is 6.76. The van der Waals surface area contributed by atoms with Gasteiger partial charge < -0.3 is 14.8 Å². The lowest BCUT2D eigenvalue weighted by Gasteiger charge is -2.17. The van der Waals surface area contributed by atoms with Gasteiger partial charge in [-0.05, 0) is 71.6 Å². The van der Waals surface area contributed by atoms with Crippen molar-refractivity contribution in [1.29, 1.82) is 0 Å². The molecule has 1 atom stereocenters. The highest BCUT2D eigenvalue weighted by atomic mass is 79.9. The molecule has 0 saturated heterocycles. The zero-order valence-electron chi connectivity index (χ0n) is 16.6. The number of para-hydroxylation sites is 2. The molecule has 0 aliphatic rings. The van der Waals surface area contributed by atoms with E-state index in [0.717, 1.165) is 12.8 Å². The number of benzene rings is 3. The third-order valence-electron chi connectivity index (χ3n) is 4.42. The fourth-order valence-corrected chi connectivity index (χ4v) is 3.62. The second-order valence-corrected chi connectivity index (χ2v) is 8.05. The average molecular weight is 489 g/mol. The standard InChI is InChI=1S/C24H23BrClNO3/c1-17(30-22-14-13-19(26)16-20(22)25)24(28)27-21-11-5-6-12-23(21)29-15-7-10-18-8-3-2-4-9-18/h2-6,8-9,11-14,16-17H,7,10,15H2,1H3,(H,27,28). The van der Waals surface area contributed by atoms with E-state index < -0.39 is 6.10 Å². The van der Waals surface area contributed by atoms with Gasteiger partial charge in [-0.3, -0.25) is 4.79 Å². The minimum absolute atomic E-state index is 0.266. The normalized spacial score (nSPS) is 11.6. The Hall–Kier alpha value is -2.50. The third kappa shape index (κ3) is 6.51. The topological polar surface area (TPSA) is 47.6 Å². The summed E-state index contributed by atoms with van der Waals surface area (Å²) in [5.41, 5.74) is 1.90. The van der Waals surface area contributed by atoms with Gasteiger partial charge in [0.05, 0.1) is 16.8 Å². The molecule has 0 aliphatic carbocycles. The summed E-state index contributed by atoms with van der Waals surface area (Å²) in [5, 5.41) is 3.48. The van der Waals surface area contributed by atoms with Crippen molar-refractivity contribution < 1.29 is 14.3 Å². The molecule has 156 valence electrons. The molecule has 0 radical (unpaired) electrons. The minimum atomic E-state index is -0.700. The smallest absolute Gasteiger partial charge is 0.265 e. The molecule has 0 spiro atoms. The van der Waals surface area contributed by atoms with Crippen LogP contribution in [0.15, 0.2) is 77.3 Å². The first-order valence-corrected chi connectivity index (χ1v) is 10.9. The Morgan fingerprint density at radius 2 is 1.77 bits per heavy atom. The molecule has 3 aromatic carbocycles. The van der Waals surface area contributed by atoms with Crippen LogP contribution in [0.3, 0.4) is 0 Å². The Balaban J connectivity index is 1.54. The van der Waals surface area contributed by atoms with Crippen molar-refractivity contribution in [3.8, 4) is 11.5 Å². The molecule has 4 nitrogen and oxygen atoms in total. The van der Waals surface area contributed by atoms with E-state index in [0.29, 0.717) is 33.3 Å². The predicted octanol–water partition coefficient (Wildman–Crippen LogP) is 6.52. The maximum Gasteiger partial charge on any atom is 0.265 e. The van der Waals surface area contributed by atoms with Gasteiger partial charge in [0.25, 0.3) is 5.91 Å². The second kappa shape index (κ2) is 11.0. The quantitative estimate of drug-likeness (QED) is 0.349. The van der Waals surface area contributed by atoms with E-state index in [-0.39, 0.29) is 5.91 Å². The number of carbonyl (C=O) groups excluding carboxylic acids is 1. The fourth-order valence-electron chi connectivity index (χ4n) is 2.85. The highest BCUT2D eigenvalue weighted by Crippen LogP contribution is 2.29. The van der Waals surface area contributed by atoms with E-state index in [1.807, 2.05) is 42.5 Å². The first-order valence-electron chi connectivity index (χ1n) is 9.71. The highest BCUT2D eigenvalue weighted by molar-refractivity contribution is 9.10. The lowest BCUT2D eigenvalue weighted by atomic mass is 10.1. The maximum absolute atomic E-state index is 12.6. The number of hydrogen-bond acceptors (Lipinski definition) is 3. The van der Waals surface area contributed by atoms with E-state index >= 15 is 0 Å². The van der Waals surface area contributed by atoms with Crippen LogP contribution in [0.2, 0.25) is 5.02 Å². The average Bonchev–Trinajstić information content (AvgIpc) is 2.75. The van der Waals surface area contributed by atoms with E-state index in [2.05, 4.69) is 33.4 Å². The molecule has 0 bridgehead atoms. The Labute approximate surface area is 190 Å². The van der Waals surface area contributed by atoms with Crippen molar-refractivity contribution in [3.05, 3.63) is 87.9 Å². The van der Waals surface area contributed by atoms with Crippen LogP contribution < -0.4 is 14.8 Å². The summed E-state index contributed by atoms with van der Waals surface area (Å²) < 4.78 is 12.4. The van der Waals surface area contributed by atoms with Crippen LogP contribution in [0.25, 0.3) is 0 Å². The van der Waals surface area contributed by atoms with Crippen molar-refractivity contribution in [2.24, 2.45) is 0 Å². The number of amides is 1. The van der Waals surface area contributed by atoms with Gasteiger partial charge in [-0.2, -0.15) is 0 Å². The summed E-state index contributed by atoms with van der Waals surface area (Å²) in [5.74, 6) is 0.920. The van der Waals surface area contributed by atoms with Gasteiger partial charge in [0.2, 0.25) is 0 Å². The SMILES string of the molecule is CC(Oc1ccc(Cl)cc1Br)C(=O)Nc1ccccc1OCCCc1ccccc1. The first kappa shape index (κ1) is 22.2. The number of anilines is 1. The predicted molar refractivity (Wildman–Crippen MR) is 125 cm³/mol. The molecule has 0 fully saturated rings. The van der Waals surface area contributed by atoms with Gasteiger partial charge in [0.1, 0.15) is 11.5 Å². The van der Waals surface area contributed by atoms with Crippen LogP contribution >= 0.6 is 27.5 Å². The van der Waals surface area contributed by atoms with Gasteiger partial charge in [-0.25, -0.2) is 0 Å². The van der Waals surface area contributed by atoms with Crippen molar-refractivity contribution in [2.45, 2.75) is 25.9 Å². The number of carbonyl (C=O) groups is 1. The zero-order valence-corrected chi connectivity index (χ0v) is 18.9. The number of ether oxygens (including phenoxy) is 2. The van der Waals surface area contributed by atoms with E-state index in [9.17, 15) is 4.79 Å². The Bertz CT molecular complexity index is 981. The summed E-state index contributed by atoms with van der Waals surface area (Å²) in [7, 11) is 0. The Kier molecular flexibility index (Phi) is 8.17. The Morgan fingerprint density at radius 1 is 1.03 bits per heavy atom. The van der Waals surface area contributed by atoms with Crippen LogP contribution in [-0.2, 0) is 11.2 Å². The Morgan fingerprint density at radius 3 is 2.53 bits per heavy atom. The lowest BCUT2D eigenvalue weighted by Crippen LogP contribution is -2.30. The summed E-state index contributed by atoms with van der Waals surface area (Å²) in [6, 6.07) is 22.8. The number of nitrogens with one attached hydrogen (secondary N) is 1. The molecule has 0 saturated carbocycles. The number of halogens is 2. The summed E-state index contributed by atoms with van der Waals surface area (Å²) >= 11 is 9.34. The van der Waals surface area contributed by atoms with E-state index in [4.69, 9.17) is 21.1 Å². The van der Waals surface area contributed by atoms with Crippen molar-refractivity contribution in [2.75, 3.05) is 11.9 Å². The van der Waals surface area contributed by atoms with Crippen molar-refractivity contribution in [3.63, 3.8) is 0 Å². The lowest BCUT2D eigenvalue weighted by molar-refractivity contribution is -0.122. The molecule has 1 amide bonds. The molecule has 30 heavy (non-hydrogen) atoms. The molecule has 3 aromatic rings. The molecule has 0 heterocycles. The van der Waals surface area contributed by atoms with Gasteiger partial charge >= 0.3 is 0 Å². The molecule has 1 N–H and O–H groups in total. The van der Waals surface area contributed by atoms with Crippen molar-refractivity contribution in [1.82, 2.24) is 0 Å². The molecular formula is C24H23BrClNO3. The van der Waals surface area contributed by atoms with Gasteiger partial charge in [-0.15, -0.1) is 0 Å². The maximum atomic E-state index is 12.6. The first-order chi connectivity index (χ1) is 14.5. The third-order valence-corrected chi connectivity index (χ3v) is 5.28. The summed E-state index contributed by atoms with van der Waals surface area (Å²) in [4.78, 5) is 12.6. The molecule has 0 aliphatic heterocycles. The van der Waals surface area contributed by atoms with E-state index in [1.54, 1.807) is 25.1 Å². The van der Waals surface area contributed by atoms with Crippen LogP contribution in [0, 0.1) is 0 Å². The fraction of sp³-hybridized carbons (Fsp3) is 0.208. The minimum Gasteiger partial charge on any atom is -0.491 e. The number of aryl methyl sites for hydroxylation is 1. The molecule has 3 rings (SSSR count). The highest BCUT2D eigenvalue weighted by Gasteiger charge is 2.18. The number of rotatable bonds is 9. The van der Waals surface area contributed by atoms with Gasteiger partial charge in [0, 0.05) is 5.02 Å². The largest absolute Gasteiger partial charge is 0.491 e. The van der Waals surface area contributed by atoms with Crippen LogP contribution in [0.5, 0.6) is 11.5 Å². The van der Waals surface area contributed by atoms with Crippen molar-refractivity contribution >= 4 is 39.1 Å². The zero-order chi connectivity index (χ0) is 21.3. The van der Waals surface area contributed by atoms with Crippen LogP contribution in [0.4, 0.5) is 5.69 Å². The summed E-state index contributed by atoms with van der Waals surface area (Å²) in [6.07, 6.45) is 1.13. The molecule has 1 unspecified atom stereocenters. The molecule has 0 aromatic heterocycles. The number of hydrogen-bond donors (Lipinski definition) is 1. The van der Waals surface area contributed by atoms with Gasteiger partial charge in [0.15, 0.2) is 6.10 Å². The van der Waals surface area contributed by atoms with Crippen LogP contribution in [-0.4, -0.2) is 18.6 Å².